The largest absolute Gasteiger partial charge is 0.389 e. The Morgan fingerprint density at radius 1 is 1.47 bits per heavy atom. The second-order valence-electron chi connectivity index (χ2n) is 4.38. The van der Waals surface area contributed by atoms with E-state index in [0.29, 0.717) is 13.2 Å². The molecule has 0 aromatic heterocycles. The standard InChI is InChI=1S/C12H27NO3S/c1-4-5-8-16-10-12(14)9-13-7-6-11(2)17(3)15/h11-14H,4-10H2,1-3H3. The van der Waals surface area contributed by atoms with Crippen molar-refractivity contribution in [1.82, 2.24) is 5.32 Å². The maximum Gasteiger partial charge on any atom is 0.0897 e. The highest BCUT2D eigenvalue weighted by atomic mass is 32.2. The molecule has 0 saturated carbocycles. The van der Waals surface area contributed by atoms with Crippen molar-refractivity contribution < 1.29 is 14.1 Å². The first kappa shape index (κ1) is 17.0. The van der Waals surface area contributed by atoms with Crippen molar-refractivity contribution in [1.29, 1.82) is 0 Å². The Morgan fingerprint density at radius 3 is 2.76 bits per heavy atom. The van der Waals surface area contributed by atoms with Crippen LogP contribution in [-0.2, 0) is 15.5 Å². The van der Waals surface area contributed by atoms with Crippen LogP contribution in [0.5, 0.6) is 0 Å². The minimum atomic E-state index is -0.759. The highest BCUT2D eigenvalue weighted by molar-refractivity contribution is 7.84. The van der Waals surface area contributed by atoms with Gasteiger partial charge in [0, 0.05) is 35.5 Å². The Balaban J connectivity index is 3.32. The predicted octanol–water partition coefficient (Wildman–Crippen LogP) is 0.911. The van der Waals surface area contributed by atoms with Crippen LogP contribution in [-0.4, -0.2) is 53.2 Å². The molecule has 5 heteroatoms. The Bertz CT molecular complexity index is 202. The molecule has 0 amide bonds. The van der Waals surface area contributed by atoms with Gasteiger partial charge in [0.05, 0.1) is 12.7 Å². The van der Waals surface area contributed by atoms with E-state index in [9.17, 15) is 9.32 Å². The lowest BCUT2D eigenvalue weighted by Crippen LogP contribution is -2.32. The molecule has 0 rings (SSSR count). The average Bonchev–Trinajstić information content (AvgIpc) is 2.29. The summed E-state index contributed by atoms with van der Waals surface area (Å²) in [5.74, 6) is 0. The number of hydrogen-bond acceptors (Lipinski definition) is 4. The minimum Gasteiger partial charge on any atom is -0.389 e. The van der Waals surface area contributed by atoms with Crippen LogP contribution in [0.1, 0.15) is 33.1 Å². The molecule has 0 radical (unpaired) electrons. The van der Waals surface area contributed by atoms with Crippen molar-refractivity contribution in [2.45, 2.75) is 44.5 Å². The van der Waals surface area contributed by atoms with Gasteiger partial charge in [-0.15, -0.1) is 0 Å². The first-order valence-corrected chi connectivity index (χ1v) is 7.98. The van der Waals surface area contributed by atoms with Crippen molar-refractivity contribution in [3.63, 3.8) is 0 Å². The zero-order valence-corrected chi connectivity index (χ0v) is 12.1. The third-order valence-corrected chi connectivity index (χ3v) is 4.00. The Morgan fingerprint density at radius 2 is 2.18 bits per heavy atom. The molecular formula is C12H27NO3S. The van der Waals surface area contributed by atoms with Gasteiger partial charge in [-0.05, 0) is 19.4 Å². The van der Waals surface area contributed by atoms with E-state index in [1.807, 2.05) is 6.92 Å². The average molecular weight is 265 g/mol. The van der Waals surface area contributed by atoms with E-state index in [0.717, 1.165) is 32.4 Å². The summed E-state index contributed by atoms with van der Waals surface area (Å²) < 4.78 is 16.4. The van der Waals surface area contributed by atoms with Crippen LogP contribution in [0.2, 0.25) is 0 Å². The van der Waals surface area contributed by atoms with Gasteiger partial charge in [0.15, 0.2) is 0 Å². The number of ether oxygens (including phenoxy) is 1. The third-order valence-electron chi connectivity index (χ3n) is 2.63. The number of aliphatic hydroxyl groups is 1. The molecule has 0 aromatic carbocycles. The molecular weight excluding hydrogens is 238 g/mol. The van der Waals surface area contributed by atoms with Crippen LogP contribution in [0.25, 0.3) is 0 Å². The highest BCUT2D eigenvalue weighted by Crippen LogP contribution is 1.97. The van der Waals surface area contributed by atoms with Crippen LogP contribution in [0.3, 0.4) is 0 Å². The zero-order valence-electron chi connectivity index (χ0n) is 11.3. The smallest absolute Gasteiger partial charge is 0.0897 e. The zero-order chi connectivity index (χ0) is 13.1. The van der Waals surface area contributed by atoms with Gasteiger partial charge in [0.1, 0.15) is 0 Å². The van der Waals surface area contributed by atoms with E-state index in [1.165, 1.54) is 0 Å². The number of aliphatic hydroxyl groups excluding tert-OH is 1. The fourth-order valence-electron chi connectivity index (χ4n) is 1.26. The summed E-state index contributed by atoms with van der Waals surface area (Å²) in [6.45, 7) is 6.52. The quantitative estimate of drug-likeness (QED) is 0.545. The molecule has 2 N–H and O–H groups in total. The molecule has 4 nitrogen and oxygen atoms in total. The molecule has 0 aliphatic carbocycles. The van der Waals surface area contributed by atoms with Gasteiger partial charge < -0.3 is 15.2 Å². The van der Waals surface area contributed by atoms with E-state index in [4.69, 9.17) is 4.74 Å². The summed E-state index contributed by atoms with van der Waals surface area (Å²) in [5.41, 5.74) is 0. The fraction of sp³-hybridized carbons (Fsp3) is 1.00. The predicted molar refractivity (Wildman–Crippen MR) is 72.7 cm³/mol. The van der Waals surface area contributed by atoms with Gasteiger partial charge in [-0.3, -0.25) is 4.21 Å². The Labute approximate surface area is 108 Å². The molecule has 0 aromatic rings. The summed E-state index contributed by atoms with van der Waals surface area (Å²) in [4.78, 5) is 0. The van der Waals surface area contributed by atoms with Crippen LogP contribution in [0.4, 0.5) is 0 Å². The molecule has 0 spiro atoms. The highest BCUT2D eigenvalue weighted by Gasteiger charge is 2.07. The Kier molecular flexibility index (Phi) is 11.2. The molecule has 0 heterocycles. The van der Waals surface area contributed by atoms with Crippen molar-refractivity contribution in [2.24, 2.45) is 0 Å². The summed E-state index contributed by atoms with van der Waals surface area (Å²) in [6.07, 6.45) is 4.29. The van der Waals surface area contributed by atoms with Gasteiger partial charge in [-0.1, -0.05) is 20.3 Å². The molecule has 17 heavy (non-hydrogen) atoms. The van der Waals surface area contributed by atoms with Crippen molar-refractivity contribution in [3.05, 3.63) is 0 Å². The SMILES string of the molecule is CCCCOCC(O)CNCCC(C)S(C)=O. The first-order valence-electron chi connectivity index (χ1n) is 6.36. The maximum absolute atomic E-state index is 11.1. The lowest BCUT2D eigenvalue weighted by Gasteiger charge is -2.13. The minimum absolute atomic E-state index is 0.209. The molecule has 0 fully saturated rings. The summed E-state index contributed by atoms with van der Waals surface area (Å²) in [6, 6.07) is 0. The van der Waals surface area contributed by atoms with Gasteiger partial charge in [-0.25, -0.2) is 0 Å². The second kappa shape index (κ2) is 11.1. The molecule has 3 atom stereocenters. The second-order valence-corrected chi connectivity index (χ2v) is 6.19. The van der Waals surface area contributed by atoms with Crippen molar-refractivity contribution in [2.75, 3.05) is 32.6 Å². The number of nitrogens with one attached hydrogen (secondary N) is 1. The van der Waals surface area contributed by atoms with E-state index in [2.05, 4.69) is 12.2 Å². The summed E-state index contributed by atoms with van der Waals surface area (Å²) in [7, 11) is -0.759. The van der Waals surface area contributed by atoms with Crippen LogP contribution in [0, 0.1) is 0 Å². The normalized spacial score (nSPS) is 16.7. The van der Waals surface area contributed by atoms with Crippen molar-refractivity contribution >= 4 is 10.8 Å². The van der Waals surface area contributed by atoms with Crippen LogP contribution < -0.4 is 5.32 Å². The molecule has 0 aliphatic heterocycles. The van der Waals surface area contributed by atoms with Gasteiger partial charge in [-0.2, -0.15) is 0 Å². The first-order chi connectivity index (χ1) is 8.07. The van der Waals surface area contributed by atoms with E-state index >= 15 is 0 Å². The third kappa shape index (κ3) is 10.9. The van der Waals surface area contributed by atoms with E-state index in [-0.39, 0.29) is 5.25 Å². The molecule has 0 saturated heterocycles. The Hall–Kier alpha value is 0.0300. The number of unbranched alkanes of at least 4 members (excludes halogenated alkanes) is 1. The van der Waals surface area contributed by atoms with Gasteiger partial charge >= 0.3 is 0 Å². The van der Waals surface area contributed by atoms with Crippen LogP contribution in [0.15, 0.2) is 0 Å². The molecule has 104 valence electrons. The summed E-state index contributed by atoms with van der Waals surface area (Å²) >= 11 is 0. The van der Waals surface area contributed by atoms with Gasteiger partial charge in [0.25, 0.3) is 0 Å². The van der Waals surface area contributed by atoms with Crippen molar-refractivity contribution in [3.8, 4) is 0 Å². The fourth-order valence-corrected chi connectivity index (χ4v) is 1.71. The molecule has 0 bridgehead atoms. The maximum atomic E-state index is 11.1. The van der Waals surface area contributed by atoms with E-state index < -0.39 is 16.9 Å². The van der Waals surface area contributed by atoms with Crippen LogP contribution >= 0.6 is 0 Å². The lowest BCUT2D eigenvalue weighted by atomic mass is 10.3. The monoisotopic (exact) mass is 265 g/mol. The van der Waals surface area contributed by atoms with Gasteiger partial charge in [0.2, 0.25) is 0 Å². The summed E-state index contributed by atoms with van der Waals surface area (Å²) in [5, 5.41) is 12.9. The lowest BCUT2D eigenvalue weighted by molar-refractivity contribution is 0.0360. The number of rotatable bonds is 11. The van der Waals surface area contributed by atoms with E-state index in [1.54, 1.807) is 6.26 Å². The number of hydrogen-bond donors (Lipinski definition) is 2. The molecule has 0 aliphatic rings. The topological polar surface area (TPSA) is 58.6 Å². The molecule has 3 unspecified atom stereocenters.